The topological polar surface area (TPSA) is 81.4 Å². The zero-order chi connectivity index (χ0) is 20.0. The molecule has 6 heteroatoms. The minimum absolute atomic E-state index is 0.0420. The lowest BCUT2D eigenvalue weighted by Crippen LogP contribution is -2.28. The van der Waals surface area contributed by atoms with Crippen LogP contribution in [0.1, 0.15) is 45.8 Å². The van der Waals surface area contributed by atoms with E-state index in [0.717, 1.165) is 29.7 Å². The standard InChI is InChI=1S/C22H19ClN2O3/c1-12-19(9-6-13(10-24)20(12)23)25-11-18-15(7-8-16(18)21(25)26)14-4-2-3-5-17(14)22(27)28/h2-6,9,15-16,18H,7-8,11H2,1H3,(H,27,28)/t15-,16+,18-/m1/s1. The number of anilines is 1. The van der Waals surface area contributed by atoms with Gasteiger partial charge in [0.05, 0.1) is 16.1 Å². The fourth-order valence-corrected chi connectivity index (χ4v) is 5.00. The molecule has 3 atom stereocenters. The Morgan fingerprint density at radius 1 is 1.21 bits per heavy atom. The Morgan fingerprint density at radius 3 is 2.64 bits per heavy atom. The van der Waals surface area contributed by atoms with Crippen molar-refractivity contribution in [1.82, 2.24) is 0 Å². The summed E-state index contributed by atoms with van der Waals surface area (Å²) in [5.74, 6) is -0.873. The van der Waals surface area contributed by atoms with Crippen molar-refractivity contribution in [3.8, 4) is 6.07 Å². The molecule has 2 aliphatic rings. The minimum atomic E-state index is -0.935. The maximum atomic E-state index is 13.1. The first kappa shape index (κ1) is 18.5. The van der Waals surface area contributed by atoms with E-state index in [0.29, 0.717) is 22.7 Å². The zero-order valence-corrected chi connectivity index (χ0v) is 16.1. The number of benzene rings is 2. The highest BCUT2D eigenvalue weighted by Gasteiger charge is 2.49. The Labute approximate surface area is 168 Å². The molecule has 4 rings (SSSR count). The van der Waals surface area contributed by atoms with Crippen molar-refractivity contribution in [3.63, 3.8) is 0 Å². The number of amides is 1. The second-order valence-corrected chi connectivity index (χ2v) is 7.86. The fraction of sp³-hybridized carbons (Fsp3) is 0.318. The number of rotatable bonds is 3. The van der Waals surface area contributed by atoms with E-state index in [4.69, 9.17) is 16.9 Å². The second-order valence-electron chi connectivity index (χ2n) is 7.48. The lowest BCUT2D eigenvalue weighted by molar-refractivity contribution is -0.120. The molecule has 1 N–H and O–H groups in total. The van der Waals surface area contributed by atoms with Crippen molar-refractivity contribution in [3.05, 3.63) is 63.7 Å². The Balaban J connectivity index is 1.69. The molecule has 2 fully saturated rings. The van der Waals surface area contributed by atoms with Crippen LogP contribution in [0.25, 0.3) is 0 Å². The Morgan fingerprint density at radius 2 is 1.93 bits per heavy atom. The predicted octanol–water partition coefficient (Wildman–Crippen LogP) is 4.37. The van der Waals surface area contributed by atoms with E-state index in [9.17, 15) is 14.7 Å². The Bertz CT molecular complexity index is 1030. The van der Waals surface area contributed by atoms with Gasteiger partial charge >= 0.3 is 5.97 Å². The van der Waals surface area contributed by atoms with Crippen LogP contribution in [0.2, 0.25) is 5.02 Å². The van der Waals surface area contributed by atoms with Crippen LogP contribution >= 0.6 is 11.6 Å². The summed E-state index contributed by atoms with van der Waals surface area (Å²) in [5.41, 5.74) is 2.97. The summed E-state index contributed by atoms with van der Waals surface area (Å²) >= 11 is 6.30. The predicted molar refractivity (Wildman–Crippen MR) is 106 cm³/mol. The number of carbonyl (C=O) groups is 2. The molecule has 1 amide bonds. The zero-order valence-electron chi connectivity index (χ0n) is 15.4. The van der Waals surface area contributed by atoms with E-state index in [1.807, 2.05) is 19.1 Å². The van der Waals surface area contributed by atoms with E-state index < -0.39 is 5.97 Å². The minimum Gasteiger partial charge on any atom is -0.478 e. The smallest absolute Gasteiger partial charge is 0.335 e. The molecule has 0 spiro atoms. The molecule has 2 aromatic rings. The average Bonchev–Trinajstić information content (AvgIpc) is 3.24. The second kappa shape index (κ2) is 6.96. The van der Waals surface area contributed by atoms with E-state index in [-0.39, 0.29) is 23.7 Å². The molecule has 1 aliphatic heterocycles. The molecule has 0 radical (unpaired) electrons. The van der Waals surface area contributed by atoms with Gasteiger partial charge in [-0.1, -0.05) is 29.8 Å². The van der Waals surface area contributed by atoms with Crippen LogP contribution in [0.5, 0.6) is 0 Å². The number of aromatic carboxylic acids is 1. The van der Waals surface area contributed by atoms with Gasteiger partial charge < -0.3 is 10.0 Å². The van der Waals surface area contributed by atoms with Gasteiger partial charge in [-0.2, -0.15) is 5.26 Å². The van der Waals surface area contributed by atoms with Crippen LogP contribution in [0.15, 0.2) is 36.4 Å². The van der Waals surface area contributed by atoms with E-state index >= 15 is 0 Å². The van der Waals surface area contributed by atoms with Gasteiger partial charge in [0.25, 0.3) is 0 Å². The number of fused-ring (bicyclic) bond motifs is 1. The summed E-state index contributed by atoms with van der Waals surface area (Å²) in [5, 5.41) is 19.1. The van der Waals surface area contributed by atoms with Gasteiger partial charge in [-0.15, -0.1) is 0 Å². The largest absolute Gasteiger partial charge is 0.478 e. The van der Waals surface area contributed by atoms with Crippen molar-refractivity contribution < 1.29 is 14.7 Å². The highest BCUT2D eigenvalue weighted by atomic mass is 35.5. The number of carboxylic acid groups (broad SMARTS) is 1. The van der Waals surface area contributed by atoms with Crippen LogP contribution in [0.4, 0.5) is 5.69 Å². The lowest BCUT2D eigenvalue weighted by atomic mass is 9.84. The number of carboxylic acids is 1. The van der Waals surface area contributed by atoms with Crippen LogP contribution < -0.4 is 4.90 Å². The number of hydrogen-bond acceptors (Lipinski definition) is 3. The van der Waals surface area contributed by atoms with Crippen molar-refractivity contribution in [1.29, 1.82) is 5.26 Å². The lowest BCUT2D eigenvalue weighted by Gasteiger charge is -2.24. The average molecular weight is 395 g/mol. The van der Waals surface area contributed by atoms with E-state index in [2.05, 4.69) is 6.07 Å². The normalized spacial score (nSPS) is 23.5. The third-order valence-electron chi connectivity index (χ3n) is 6.16. The number of nitrogens with zero attached hydrogens (tertiary/aromatic N) is 2. The Hall–Kier alpha value is -2.84. The summed E-state index contributed by atoms with van der Waals surface area (Å²) < 4.78 is 0. The van der Waals surface area contributed by atoms with Crippen LogP contribution in [0, 0.1) is 30.1 Å². The van der Waals surface area contributed by atoms with Gasteiger partial charge in [0.2, 0.25) is 5.91 Å². The summed E-state index contributed by atoms with van der Waals surface area (Å²) in [6.45, 7) is 2.35. The quantitative estimate of drug-likeness (QED) is 0.837. The summed E-state index contributed by atoms with van der Waals surface area (Å²) in [6.07, 6.45) is 1.56. The molecule has 5 nitrogen and oxygen atoms in total. The monoisotopic (exact) mass is 394 g/mol. The summed E-state index contributed by atoms with van der Waals surface area (Å²) in [7, 11) is 0. The van der Waals surface area contributed by atoms with Crippen molar-refractivity contribution in [2.24, 2.45) is 11.8 Å². The molecule has 1 aliphatic carbocycles. The first-order chi connectivity index (χ1) is 13.4. The number of halogens is 1. The SMILES string of the molecule is Cc1c(N2C[C@H]3[C@H](CC[C@@H]3c3ccccc3C(=O)O)C2=O)ccc(C#N)c1Cl. The molecule has 1 saturated carbocycles. The molecule has 1 saturated heterocycles. The third-order valence-corrected chi connectivity index (χ3v) is 6.65. The number of carbonyl (C=O) groups excluding carboxylic acids is 1. The molecule has 28 heavy (non-hydrogen) atoms. The molecular weight excluding hydrogens is 376 g/mol. The number of nitriles is 1. The van der Waals surface area contributed by atoms with Crippen molar-refractivity contribution in [2.45, 2.75) is 25.7 Å². The fourth-order valence-electron chi connectivity index (χ4n) is 4.80. The van der Waals surface area contributed by atoms with E-state index in [1.165, 1.54) is 0 Å². The molecule has 0 bridgehead atoms. The first-order valence-electron chi connectivity index (χ1n) is 9.26. The maximum absolute atomic E-state index is 13.1. The first-order valence-corrected chi connectivity index (χ1v) is 9.64. The Kier molecular flexibility index (Phi) is 4.60. The molecule has 0 unspecified atom stereocenters. The molecule has 0 aromatic heterocycles. The van der Waals surface area contributed by atoms with Crippen LogP contribution in [0.3, 0.4) is 0 Å². The highest BCUT2D eigenvalue weighted by Crippen LogP contribution is 2.50. The van der Waals surface area contributed by atoms with Gasteiger partial charge in [0.15, 0.2) is 0 Å². The van der Waals surface area contributed by atoms with Crippen molar-refractivity contribution in [2.75, 3.05) is 11.4 Å². The highest BCUT2D eigenvalue weighted by molar-refractivity contribution is 6.33. The van der Waals surface area contributed by atoms with E-state index in [1.54, 1.807) is 29.2 Å². The molecule has 1 heterocycles. The van der Waals surface area contributed by atoms with Gasteiger partial charge in [0.1, 0.15) is 6.07 Å². The van der Waals surface area contributed by atoms with Gasteiger partial charge in [-0.05, 0) is 60.9 Å². The van der Waals surface area contributed by atoms with Gasteiger partial charge in [0, 0.05) is 18.2 Å². The number of hydrogen-bond donors (Lipinski definition) is 1. The van der Waals surface area contributed by atoms with Crippen molar-refractivity contribution >= 4 is 29.2 Å². The van der Waals surface area contributed by atoms with Gasteiger partial charge in [-0.25, -0.2) is 4.79 Å². The molecule has 2 aromatic carbocycles. The van der Waals surface area contributed by atoms with Crippen LogP contribution in [-0.2, 0) is 4.79 Å². The van der Waals surface area contributed by atoms with Crippen LogP contribution in [-0.4, -0.2) is 23.5 Å². The third kappa shape index (κ3) is 2.76. The van der Waals surface area contributed by atoms with Gasteiger partial charge in [-0.3, -0.25) is 4.79 Å². The summed E-state index contributed by atoms with van der Waals surface area (Å²) in [4.78, 5) is 26.5. The summed E-state index contributed by atoms with van der Waals surface area (Å²) in [6, 6.07) is 12.6. The maximum Gasteiger partial charge on any atom is 0.335 e. The molecule has 142 valence electrons. The molecular formula is C22H19ClN2O3.